The largest absolute Gasteiger partial charge is 0.462 e. The highest BCUT2D eigenvalue weighted by molar-refractivity contribution is 5.75. The molecular weight excluding hydrogens is 698 g/mol. The van der Waals surface area contributed by atoms with Gasteiger partial charge < -0.3 is 34.2 Å². The lowest BCUT2D eigenvalue weighted by molar-refractivity contribution is -0.189. The van der Waals surface area contributed by atoms with Crippen LogP contribution < -0.4 is 5.73 Å². The monoisotopic (exact) mass is 761 g/mol. The maximum Gasteiger partial charge on any atom is 0.404 e. The average Bonchev–Trinajstić information content (AvgIpc) is 3.05. The lowest BCUT2D eigenvalue weighted by Crippen LogP contribution is -2.49. The first-order valence-corrected chi connectivity index (χ1v) is 18.6. The summed E-state index contributed by atoms with van der Waals surface area (Å²) in [7, 11) is 0. The topological polar surface area (TPSA) is 184 Å². The number of ether oxygens (including phenoxy) is 6. The highest BCUT2D eigenvalue weighted by Gasteiger charge is 2.44. The van der Waals surface area contributed by atoms with E-state index in [2.05, 4.69) is 6.58 Å². The van der Waals surface area contributed by atoms with E-state index < -0.39 is 84.4 Å². The minimum absolute atomic E-state index is 0.126. The fourth-order valence-corrected chi connectivity index (χ4v) is 7.28. The Labute approximate surface area is 321 Å². The molecule has 0 bridgehead atoms. The average molecular weight is 762 g/mol. The van der Waals surface area contributed by atoms with Gasteiger partial charge in [0.15, 0.2) is 0 Å². The Morgan fingerprint density at radius 2 is 1.31 bits per heavy atom. The van der Waals surface area contributed by atoms with Gasteiger partial charge in [-0.05, 0) is 32.3 Å². The van der Waals surface area contributed by atoms with Gasteiger partial charge in [-0.3, -0.25) is 24.0 Å². The molecule has 1 rings (SSSR count). The third kappa shape index (κ3) is 15.9. The Kier molecular flexibility index (Phi) is 20.0. The van der Waals surface area contributed by atoms with Crippen LogP contribution in [0.3, 0.4) is 0 Å². The second kappa shape index (κ2) is 22.7. The maximum atomic E-state index is 12.6. The van der Waals surface area contributed by atoms with Crippen molar-refractivity contribution in [3.8, 4) is 0 Å². The molecular formula is C41H63NO12. The summed E-state index contributed by atoms with van der Waals surface area (Å²) in [6.45, 7) is 23.8. The van der Waals surface area contributed by atoms with Crippen LogP contribution in [-0.2, 0) is 52.4 Å². The molecule has 13 nitrogen and oxygen atoms in total. The number of hydrogen-bond donors (Lipinski definition) is 1. The predicted molar refractivity (Wildman–Crippen MR) is 202 cm³/mol. The molecule has 0 aromatic carbocycles. The van der Waals surface area contributed by atoms with Crippen molar-refractivity contribution in [3.63, 3.8) is 0 Å². The molecule has 13 atom stereocenters. The standard InChI is InChI=1S/C41H63NO12/c1-14-15-16-23(3)37(54-41(42)48)28(8)38(51-32(12)45)26(6)20-22(2)19-25(5)36(50-31(11)44)24(4)17-18-34(49-30(10)43)21-35-27(7)39(52-33(13)46)29(9)40(47)53-35/h14-19,23-29,34-39H,1,20-21H2,2-13H3,(H2,42,48)/b16-15-,18-17-,22-19-/t23-,24-,25+,26-,27+,28-,29-,34+,35+,36-,37+,38+,39+/m0/s1. The zero-order chi connectivity index (χ0) is 41.4. The number of amides is 1. The van der Waals surface area contributed by atoms with Gasteiger partial charge in [-0.1, -0.05) is 84.1 Å². The molecule has 0 aromatic heterocycles. The van der Waals surface area contributed by atoms with Gasteiger partial charge in [-0.2, -0.15) is 0 Å². The third-order valence-electron chi connectivity index (χ3n) is 9.70. The first-order chi connectivity index (χ1) is 25.1. The van der Waals surface area contributed by atoms with Crippen LogP contribution in [0.1, 0.15) is 95.9 Å². The van der Waals surface area contributed by atoms with Gasteiger partial charge in [0.25, 0.3) is 0 Å². The summed E-state index contributed by atoms with van der Waals surface area (Å²) in [5.74, 6) is -5.03. The molecule has 304 valence electrons. The van der Waals surface area contributed by atoms with Crippen molar-refractivity contribution in [1.82, 2.24) is 0 Å². The smallest absolute Gasteiger partial charge is 0.404 e. The van der Waals surface area contributed by atoms with E-state index >= 15 is 0 Å². The highest BCUT2D eigenvalue weighted by Crippen LogP contribution is 2.34. The van der Waals surface area contributed by atoms with Crippen LogP contribution in [0.5, 0.6) is 0 Å². The van der Waals surface area contributed by atoms with Crippen LogP contribution in [-0.4, -0.2) is 72.6 Å². The van der Waals surface area contributed by atoms with E-state index in [1.807, 2.05) is 60.6 Å². The van der Waals surface area contributed by atoms with E-state index in [1.165, 1.54) is 27.7 Å². The minimum atomic E-state index is -0.932. The number of hydrogen-bond acceptors (Lipinski definition) is 12. The van der Waals surface area contributed by atoms with Crippen LogP contribution in [0.4, 0.5) is 4.79 Å². The Bertz CT molecular complexity index is 1400. The summed E-state index contributed by atoms with van der Waals surface area (Å²) in [5.41, 5.74) is 6.36. The number of rotatable bonds is 20. The predicted octanol–water partition coefficient (Wildman–Crippen LogP) is 6.58. The summed E-state index contributed by atoms with van der Waals surface area (Å²) >= 11 is 0. The van der Waals surface area contributed by atoms with Crippen LogP contribution >= 0.6 is 0 Å². The number of carbonyl (C=O) groups excluding carboxylic acids is 6. The molecule has 1 aliphatic heterocycles. The molecule has 1 aliphatic rings. The quantitative estimate of drug-likeness (QED) is 0.0610. The third-order valence-corrected chi connectivity index (χ3v) is 9.70. The summed E-state index contributed by atoms with van der Waals surface area (Å²) < 4.78 is 33.8. The Morgan fingerprint density at radius 3 is 1.83 bits per heavy atom. The highest BCUT2D eigenvalue weighted by atomic mass is 16.6. The molecule has 0 aliphatic carbocycles. The van der Waals surface area contributed by atoms with E-state index in [-0.39, 0.29) is 36.0 Å². The first kappa shape index (κ1) is 47.6. The Balaban J connectivity index is 3.30. The first-order valence-electron chi connectivity index (χ1n) is 18.6. The molecule has 0 unspecified atom stereocenters. The second-order valence-corrected chi connectivity index (χ2v) is 14.8. The molecule has 2 N–H and O–H groups in total. The van der Waals surface area contributed by atoms with E-state index in [4.69, 9.17) is 34.2 Å². The Morgan fingerprint density at radius 1 is 0.759 bits per heavy atom. The number of nitrogens with two attached hydrogens (primary N) is 1. The van der Waals surface area contributed by atoms with Gasteiger partial charge >= 0.3 is 35.9 Å². The fourth-order valence-electron chi connectivity index (χ4n) is 7.28. The van der Waals surface area contributed by atoms with E-state index in [1.54, 1.807) is 31.2 Å². The number of allylic oxidation sites excluding steroid dienone is 3. The number of esters is 5. The molecule has 0 aromatic rings. The molecule has 13 heteroatoms. The molecule has 0 saturated carbocycles. The van der Waals surface area contributed by atoms with Crippen molar-refractivity contribution in [2.75, 3.05) is 0 Å². The van der Waals surface area contributed by atoms with Crippen LogP contribution in [0.15, 0.2) is 48.6 Å². The maximum absolute atomic E-state index is 12.6. The van der Waals surface area contributed by atoms with Crippen molar-refractivity contribution in [2.24, 2.45) is 47.2 Å². The molecule has 1 fully saturated rings. The van der Waals surface area contributed by atoms with Crippen LogP contribution in [0, 0.1) is 41.4 Å². The number of carbonyl (C=O) groups is 6. The van der Waals surface area contributed by atoms with Crippen molar-refractivity contribution in [1.29, 1.82) is 0 Å². The van der Waals surface area contributed by atoms with Crippen molar-refractivity contribution in [3.05, 3.63) is 48.6 Å². The fraction of sp³-hybridized carbons (Fsp3) is 0.659. The minimum Gasteiger partial charge on any atom is -0.462 e. The van der Waals surface area contributed by atoms with Crippen molar-refractivity contribution >= 4 is 35.9 Å². The zero-order valence-electron chi connectivity index (χ0n) is 34.1. The van der Waals surface area contributed by atoms with Gasteiger partial charge in [0.05, 0.1) is 5.92 Å². The molecule has 1 saturated heterocycles. The molecule has 1 heterocycles. The molecule has 0 radical (unpaired) electrons. The van der Waals surface area contributed by atoms with Gasteiger partial charge in [-0.15, -0.1) is 0 Å². The van der Waals surface area contributed by atoms with E-state index in [0.717, 1.165) is 5.57 Å². The summed E-state index contributed by atoms with van der Waals surface area (Å²) in [6.07, 6.45) is 6.27. The SMILES string of the molecule is C=C/C=C\[C@H](C)[C@@H](OC(N)=O)[C@H](C)[C@H](OC(C)=O)[C@@H](C)C/C(C)=C\[C@@H](C)[C@@H](OC(C)=O)[C@@H](C)/C=C\[C@H](C[C@H]1OC(=O)[C@@H](C)[C@H](OC(C)=O)[C@@H]1C)OC(C)=O. The lowest BCUT2D eigenvalue weighted by atomic mass is 9.81. The number of cyclic esters (lactones) is 1. The molecule has 1 amide bonds. The van der Waals surface area contributed by atoms with E-state index in [9.17, 15) is 28.8 Å². The zero-order valence-corrected chi connectivity index (χ0v) is 34.1. The van der Waals surface area contributed by atoms with Gasteiger partial charge in [-0.25, -0.2) is 4.79 Å². The van der Waals surface area contributed by atoms with Crippen molar-refractivity contribution in [2.45, 2.75) is 133 Å². The summed E-state index contributed by atoms with van der Waals surface area (Å²) in [4.78, 5) is 72.8. The normalized spacial score (nSPS) is 24.1. The van der Waals surface area contributed by atoms with E-state index in [0.29, 0.717) is 6.42 Å². The number of primary amides is 1. The Hall–Kier alpha value is -4.42. The van der Waals surface area contributed by atoms with Gasteiger partial charge in [0.2, 0.25) is 0 Å². The lowest BCUT2D eigenvalue weighted by Gasteiger charge is -2.39. The molecule has 0 spiro atoms. The molecule has 54 heavy (non-hydrogen) atoms. The van der Waals surface area contributed by atoms with Crippen molar-refractivity contribution < 1.29 is 57.2 Å². The van der Waals surface area contributed by atoms with Gasteiger partial charge in [0, 0.05) is 63.7 Å². The summed E-state index contributed by atoms with van der Waals surface area (Å²) in [5, 5.41) is 0. The van der Waals surface area contributed by atoms with Crippen LogP contribution in [0.25, 0.3) is 0 Å². The van der Waals surface area contributed by atoms with Crippen LogP contribution in [0.2, 0.25) is 0 Å². The summed E-state index contributed by atoms with van der Waals surface area (Å²) in [6, 6.07) is 0. The van der Waals surface area contributed by atoms with Gasteiger partial charge in [0.1, 0.15) is 36.6 Å². The second-order valence-electron chi connectivity index (χ2n) is 14.8.